The van der Waals surface area contributed by atoms with Crippen molar-refractivity contribution in [1.29, 1.82) is 0 Å². The zero-order chi connectivity index (χ0) is 16.2. The lowest BCUT2D eigenvalue weighted by Gasteiger charge is -2.10. The first-order chi connectivity index (χ1) is 10.4. The number of carbonyl (C=O) groups is 1. The van der Waals surface area contributed by atoms with Crippen LogP contribution in [0.4, 0.5) is 0 Å². The highest BCUT2D eigenvalue weighted by Crippen LogP contribution is 2.23. The number of hydrogen-bond donors (Lipinski definition) is 2. The number of allylic oxidation sites excluding steroid dienone is 3. The van der Waals surface area contributed by atoms with Gasteiger partial charge in [-0.3, -0.25) is 9.52 Å². The van der Waals surface area contributed by atoms with Gasteiger partial charge in [0.25, 0.3) is 10.0 Å². The van der Waals surface area contributed by atoms with Crippen molar-refractivity contribution >= 4 is 16.0 Å². The van der Waals surface area contributed by atoms with Gasteiger partial charge in [-0.25, -0.2) is 8.42 Å². The standard InChI is InChI=1S/C16H19NO4S/c1-12(16(18)19)13-6-5-7-14(11-10-13)17-22(20,21)15-8-3-2-4-9-15/h2-4,8-12,17H,5-7H2,1H3,(H,18,19). The van der Waals surface area contributed by atoms with Crippen LogP contribution in [-0.4, -0.2) is 19.5 Å². The van der Waals surface area contributed by atoms with Gasteiger partial charge in [0.15, 0.2) is 0 Å². The Kier molecular flexibility index (Phi) is 5.03. The van der Waals surface area contributed by atoms with Gasteiger partial charge in [0, 0.05) is 5.70 Å². The maximum atomic E-state index is 12.3. The average Bonchev–Trinajstić information content (AvgIpc) is 2.72. The molecule has 0 spiro atoms. The first-order valence-electron chi connectivity index (χ1n) is 7.10. The van der Waals surface area contributed by atoms with Gasteiger partial charge >= 0.3 is 5.97 Å². The smallest absolute Gasteiger partial charge is 0.310 e. The zero-order valence-corrected chi connectivity index (χ0v) is 13.1. The van der Waals surface area contributed by atoms with Crippen molar-refractivity contribution in [3.8, 4) is 0 Å². The third-order valence-electron chi connectivity index (χ3n) is 3.66. The fraction of sp³-hybridized carbons (Fsp3) is 0.312. The molecule has 1 unspecified atom stereocenters. The van der Waals surface area contributed by atoms with E-state index in [1.165, 1.54) is 12.1 Å². The van der Waals surface area contributed by atoms with E-state index in [0.29, 0.717) is 25.0 Å². The summed E-state index contributed by atoms with van der Waals surface area (Å²) in [5.41, 5.74) is 1.39. The Balaban J connectivity index is 2.18. The fourth-order valence-corrected chi connectivity index (χ4v) is 3.44. The van der Waals surface area contributed by atoms with E-state index < -0.39 is 21.9 Å². The highest BCUT2D eigenvalue weighted by molar-refractivity contribution is 7.89. The minimum absolute atomic E-state index is 0.211. The summed E-state index contributed by atoms with van der Waals surface area (Å²) in [6, 6.07) is 8.16. The first kappa shape index (κ1) is 16.3. The Hall–Kier alpha value is -2.08. The minimum atomic E-state index is -3.59. The molecule has 22 heavy (non-hydrogen) atoms. The molecule has 0 heterocycles. The van der Waals surface area contributed by atoms with Crippen molar-refractivity contribution in [1.82, 2.24) is 4.72 Å². The average molecular weight is 321 g/mol. The molecule has 0 radical (unpaired) electrons. The summed E-state index contributed by atoms with van der Waals surface area (Å²) in [6.45, 7) is 1.64. The molecule has 0 amide bonds. The van der Waals surface area contributed by atoms with E-state index in [-0.39, 0.29) is 4.90 Å². The maximum Gasteiger partial charge on any atom is 0.310 e. The molecular weight excluding hydrogens is 302 g/mol. The second-order valence-electron chi connectivity index (χ2n) is 5.27. The SMILES string of the molecule is CC(C(=O)O)C1=CC=C(NS(=O)(=O)c2ccccc2)CCC1. The zero-order valence-electron chi connectivity index (χ0n) is 12.3. The topological polar surface area (TPSA) is 83.5 Å². The molecule has 6 heteroatoms. The van der Waals surface area contributed by atoms with Crippen LogP contribution in [0.15, 0.2) is 58.6 Å². The predicted octanol–water partition coefficient (Wildman–Crippen LogP) is 2.68. The number of sulfonamides is 1. The molecular formula is C16H19NO4S. The molecule has 2 rings (SSSR count). The molecule has 0 aliphatic heterocycles. The van der Waals surface area contributed by atoms with E-state index in [1.54, 1.807) is 37.3 Å². The van der Waals surface area contributed by atoms with Gasteiger partial charge in [0.2, 0.25) is 0 Å². The summed E-state index contributed by atoms with van der Waals surface area (Å²) >= 11 is 0. The van der Waals surface area contributed by atoms with Gasteiger partial charge in [-0.05, 0) is 44.4 Å². The largest absolute Gasteiger partial charge is 0.481 e. The Morgan fingerprint density at radius 1 is 1.18 bits per heavy atom. The summed E-state index contributed by atoms with van der Waals surface area (Å²) < 4.78 is 27.1. The Morgan fingerprint density at radius 3 is 2.50 bits per heavy atom. The Bertz CT molecular complexity index is 705. The molecule has 5 nitrogen and oxygen atoms in total. The third kappa shape index (κ3) is 3.98. The quantitative estimate of drug-likeness (QED) is 0.873. The van der Waals surface area contributed by atoms with Crippen molar-refractivity contribution in [3.63, 3.8) is 0 Å². The first-order valence-corrected chi connectivity index (χ1v) is 8.59. The molecule has 0 fully saturated rings. The second-order valence-corrected chi connectivity index (χ2v) is 6.95. The molecule has 1 atom stereocenters. The predicted molar refractivity (Wildman–Crippen MR) is 83.6 cm³/mol. The molecule has 118 valence electrons. The van der Waals surface area contributed by atoms with Crippen LogP contribution in [0.25, 0.3) is 0 Å². The molecule has 0 saturated carbocycles. The Labute approximate surface area is 130 Å². The van der Waals surface area contributed by atoms with E-state index in [0.717, 1.165) is 5.57 Å². The van der Waals surface area contributed by atoms with E-state index >= 15 is 0 Å². The summed E-state index contributed by atoms with van der Waals surface area (Å²) in [5.74, 6) is -1.42. The molecule has 0 saturated heterocycles. The lowest BCUT2D eigenvalue weighted by molar-refractivity contribution is -0.139. The highest BCUT2D eigenvalue weighted by atomic mass is 32.2. The molecule has 1 aliphatic carbocycles. The number of hydrogen-bond acceptors (Lipinski definition) is 3. The van der Waals surface area contributed by atoms with Crippen LogP contribution in [0, 0.1) is 5.92 Å². The maximum absolute atomic E-state index is 12.3. The van der Waals surface area contributed by atoms with E-state index in [2.05, 4.69) is 4.72 Å². The molecule has 1 aromatic rings. The van der Waals surface area contributed by atoms with Crippen LogP contribution in [0.1, 0.15) is 26.2 Å². The van der Waals surface area contributed by atoms with Crippen LogP contribution in [0.2, 0.25) is 0 Å². The summed E-state index contributed by atoms with van der Waals surface area (Å²) in [5, 5.41) is 9.05. The molecule has 1 aromatic carbocycles. The number of aliphatic carboxylic acids is 1. The van der Waals surface area contributed by atoms with Crippen LogP contribution in [0.5, 0.6) is 0 Å². The number of rotatable bonds is 5. The summed E-state index contributed by atoms with van der Waals surface area (Å²) in [4.78, 5) is 11.2. The summed E-state index contributed by atoms with van der Waals surface area (Å²) in [6.07, 6.45) is 5.32. The summed E-state index contributed by atoms with van der Waals surface area (Å²) in [7, 11) is -3.59. The lowest BCUT2D eigenvalue weighted by atomic mass is 9.97. The second kappa shape index (κ2) is 6.79. The van der Waals surface area contributed by atoms with Gasteiger partial charge in [-0.15, -0.1) is 0 Å². The normalized spacial score (nSPS) is 17.0. The number of benzene rings is 1. The van der Waals surface area contributed by atoms with Gasteiger partial charge in [0.1, 0.15) is 0 Å². The molecule has 2 N–H and O–H groups in total. The van der Waals surface area contributed by atoms with Gasteiger partial charge in [0.05, 0.1) is 10.8 Å². The van der Waals surface area contributed by atoms with Crippen molar-refractivity contribution in [2.24, 2.45) is 5.92 Å². The van der Waals surface area contributed by atoms with E-state index in [1.807, 2.05) is 0 Å². The van der Waals surface area contributed by atoms with Crippen LogP contribution < -0.4 is 4.72 Å². The highest BCUT2D eigenvalue weighted by Gasteiger charge is 2.19. The molecule has 1 aliphatic rings. The monoisotopic (exact) mass is 321 g/mol. The van der Waals surface area contributed by atoms with Crippen molar-refractivity contribution in [2.45, 2.75) is 31.1 Å². The number of nitrogens with one attached hydrogen (secondary N) is 1. The van der Waals surface area contributed by atoms with Crippen molar-refractivity contribution < 1.29 is 18.3 Å². The van der Waals surface area contributed by atoms with Gasteiger partial charge < -0.3 is 5.11 Å². The van der Waals surface area contributed by atoms with Crippen LogP contribution in [0.3, 0.4) is 0 Å². The van der Waals surface area contributed by atoms with Crippen LogP contribution in [-0.2, 0) is 14.8 Å². The lowest BCUT2D eigenvalue weighted by Crippen LogP contribution is -2.23. The van der Waals surface area contributed by atoms with Crippen molar-refractivity contribution in [3.05, 3.63) is 53.8 Å². The number of carboxylic acids is 1. The molecule has 0 bridgehead atoms. The fourth-order valence-electron chi connectivity index (χ4n) is 2.29. The third-order valence-corrected chi connectivity index (χ3v) is 5.08. The van der Waals surface area contributed by atoms with E-state index in [4.69, 9.17) is 5.11 Å². The van der Waals surface area contributed by atoms with Gasteiger partial charge in [-0.2, -0.15) is 0 Å². The Morgan fingerprint density at radius 2 is 1.86 bits per heavy atom. The van der Waals surface area contributed by atoms with Crippen molar-refractivity contribution in [2.75, 3.05) is 0 Å². The molecule has 0 aromatic heterocycles. The van der Waals surface area contributed by atoms with Crippen LogP contribution >= 0.6 is 0 Å². The van der Waals surface area contributed by atoms with Gasteiger partial charge in [-0.1, -0.05) is 29.8 Å². The minimum Gasteiger partial charge on any atom is -0.481 e. The number of carboxylic acid groups (broad SMARTS) is 1. The van der Waals surface area contributed by atoms with E-state index in [9.17, 15) is 13.2 Å².